The van der Waals surface area contributed by atoms with Crippen LogP contribution in [-0.4, -0.2) is 46.7 Å². The van der Waals surface area contributed by atoms with Gasteiger partial charge in [0.25, 0.3) is 0 Å². The van der Waals surface area contributed by atoms with Gasteiger partial charge in [-0.15, -0.1) is 12.4 Å². The molecule has 2 unspecified atom stereocenters. The Bertz CT molecular complexity index is 251. The molecule has 1 rings (SSSR count). The van der Waals surface area contributed by atoms with E-state index < -0.39 is 11.6 Å². The van der Waals surface area contributed by atoms with Gasteiger partial charge in [-0.3, -0.25) is 4.79 Å². The second kappa shape index (κ2) is 6.57. The van der Waals surface area contributed by atoms with E-state index in [4.69, 9.17) is 0 Å². The highest BCUT2D eigenvalue weighted by Gasteiger charge is 2.39. The number of carbonyl (C=O) groups excluding carboxylic acids is 1. The number of nitrogens with zero attached hydrogens (tertiary/aromatic N) is 1. The Morgan fingerprint density at radius 3 is 2.41 bits per heavy atom. The molecule has 5 heteroatoms. The molecule has 0 saturated carbocycles. The number of nitrogens with one attached hydrogen (secondary N) is 1. The van der Waals surface area contributed by atoms with Gasteiger partial charge in [0.2, 0.25) is 5.91 Å². The molecule has 1 fully saturated rings. The molecule has 0 radical (unpaired) electrons. The molecule has 2 atom stereocenters. The number of aliphatic hydroxyl groups excluding tert-OH is 1. The summed E-state index contributed by atoms with van der Waals surface area (Å²) in [5.41, 5.74) is -0.431. The maximum atomic E-state index is 12.4. The van der Waals surface area contributed by atoms with Crippen LogP contribution in [0.1, 0.15) is 40.5 Å². The van der Waals surface area contributed by atoms with E-state index in [2.05, 4.69) is 5.32 Å². The van der Waals surface area contributed by atoms with Gasteiger partial charge in [-0.1, -0.05) is 0 Å². The smallest absolute Gasteiger partial charge is 0.242 e. The van der Waals surface area contributed by atoms with Gasteiger partial charge in [-0.05, 0) is 47.1 Å². The minimum Gasteiger partial charge on any atom is -0.392 e. The van der Waals surface area contributed by atoms with Crippen LogP contribution in [0.2, 0.25) is 0 Å². The van der Waals surface area contributed by atoms with Crippen LogP contribution in [0, 0.1) is 0 Å². The van der Waals surface area contributed by atoms with E-state index >= 15 is 0 Å². The van der Waals surface area contributed by atoms with Gasteiger partial charge in [-0.25, -0.2) is 0 Å². The zero-order chi connectivity index (χ0) is 12.3. The predicted octanol–water partition coefficient (Wildman–Crippen LogP) is 1.17. The van der Waals surface area contributed by atoms with Crippen molar-refractivity contribution in [3.05, 3.63) is 0 Å². The van der Waals surface area contributed by atoms with E-state index in [1.165, 1.54) is 0 Å². The van der Waals surface area contributed by atoms with Crippen molar-refractivity contribution >= 4 is 18.3 Å². The Morgan fingerprint density at radius 2 is 2.06 bits per heavy atom. The third-order valence-corrected chi connectivity index (χ3v) is 3.19. The maximum Gasteiger partial charge on any atom is 0.242 e. The van der Waals surface area contributed by atoms with E-state index in [1.807, 2.05) is 20.8 Å². The predicted molar refractivity (Wildman–Crippen MR) is 71.4 cm³/mol. The highest BCUT2D eigenvalue weighted by molar-refractivity contribution is 5.86. The Morgan fingerprint density at radius 1 is 1.47 bits per heavy atom. The zero-order valence-corrected chi connectivity index (χ0v) is 12.0. The minimum absolute atomic E-state index is 0. The summed E-state index contributed by atoms with van der Waals surface area (Å²) in [6.07, 6.45) is 1.45. The number of hydrogen-bond donors (Lipinski definition) is 2. The van der Waals surface area contributed by atoms with Gasteiger partial charge < -0.3 is 15.3 Å². The zero-order valence-electron chi connectivity index (χ0n) is 11.2. The van der Waals surface area contributed by atoms with Crippen molar-refractivity contribution in [2.24, 2.45) is 0 Å². The van der Waals surface area contributed by atoms with Crippen molar-refractivity contribution < 1.29 is 9.90 Å². The third-order valence-electron chi connectivity index (χ3n) is 3.19. The second-order valence-electron chi connectivity index (χ2n) is 5.26. The first-order valence-corrected chi connectivity index (χ1v) is 6.11. The third kappa shape index (κ3) is 4.12. The lowest BCUT2D eigenvalue weighted by atomic mass is 9.97. The fourth-order valence-electron chi connectivity index (χ4n) is 2.21. The number of halogens is 1. The van der Waals surface area contributed by atoms with Gasteiger partial charge in [0.1, 0.15) is 0 Å². The summed E-state index contributed by atoms with van der Waals surface area (Å²) in [4.78, 5) is 14.2. The molecule has 1 saturated heterocycles. The lowest BCUT2D eigenvalue weighted by Crippen LogP contribution is -2.56. The molecule has 0 aliphatic carbocycles. The summed E-state index contributed by atoms with van der Waals surface area (Å²) in [6.45, 7) is 8.96. The van der Waals surface area contributed by atoms with E-state index in [9.17, 15) is 9.90 Å². The standard InChI is InChI=1S/C12H24N2O2.ClH/c1-9(2)14(8-10(3)15)11(16)12(4)6-5-7-13-12;/h9-10,13,15H,5-8H2,1-4H3;1H. The number of carbonyl (C=O) groups is 1. The van der Waals surface area contributed by atoms with Crippen molar-refractivity contribution in [1.29, 1.82) is 0 Å². The lowest BCUT2D eigenvalue weighted by molar-refractivity contribution is -0.140. The van der Waals surface area contributed by atoms with Crippen molar-refractivity contribution in [3.63, 3.8) is 0 Å². The molecule has 4 nitrogen and oxygen atoms in total. The summed E-state index contributed by atoms with van der Waals surface area (Å²) in [6, 6.07) is 0.126. The molecule has 0 spiro atoms. The Kier molecular flexibility index (Phi) is 6.45. The van der Waals surface area contributed by atoms with Gasteiger partial charge >= 0.3 is 0 Å². The first-order valence-electron chi connectivity index (χ1n) is 6.11. The molecule has 2 N–H and O–H groups in total. The number of amides is 1. The van der Waals surface area contributed by atoms with Gasteiger partial charge in [0.15, 0.2) is 0 Å². The molecule has 1 aliphatic rings. The van der Waals surface area contributed by atoms with Crippen molar-refractivity contribution in [2.75, 3.05) is 13.1 Å². The lowest BCUT2D eigenvalue weighted by Gasteiger charge is -2.35. The fourth-order valence-corrected chi connectivity index (χ4v) is 2.21. The van der Waals surface area contributed by atoms with Gasteiger partial charge in [0.05, 0.1) is 11.6 Å². The summed E-state index contributed by atoms with van der Waals surface area (Å²) < 4.78 is 0. The molecule has 102 valence electrons. The topological polar surface area (TPSA) is 52.6 Å². The quantitative estimate of drug-likeness (QED) is 0.802. The van der Waals surface area contributed by atoms with Crippen LogP contribution in [0.5, 0.6) is 0 Å². The average molecular weight is 265 g/mol. The van der Waals surface area contributed by atoms with Crippen LogP contribution in [-0.2, 0) is 4.79 Å². The summed E-state index contributed by atoms with van der Waals surface area (Å²) >= 11 is 0. The van der Waals surface area contributed by atoms with Crippen LogP contribution >= 0.6 is 12.4 Å². The molecule has 1 aliphatic heterocycles. The van der Waals surface area contributed by atoms with Crippen LogP contribution in [0.25, 0.3) is 0 Å². The monoisotopic (exact) mass is 264 g/mol. The molecule has 1 heterocycles. The van der Waals surface area contributed by atoms with Crippen molar-refractivity contribution in [3.8, 4) is 0 Å². The van der Waals surface area contributed by atoms with Gasteiger partial charge in [0, 0.05) is 12.6 Å². The van der Waals surface area contributed by atoms with E-state index in [-0.39, 0.29) is 24.4 Å². The number of aliphatic hydroxyl groups is 1. The molecule has 0 aromatic carbocycles. The SMILES string of the molecule is CC(O)CN(C(=O)C1(C)CCCN1)C(C)C.Cl. The van der Waals surface area contributed by atoms with Crippen LogP contribution < -0.4 is 5.32 Å². The van der Waals surface area contributed by atoms with Crippen LogP contribution in [0.4, 0.5) is 0 Å². The van der Waals surface area contributed by atoms with Crippen LogP contribution in [0.15, 0.2) is 0 Å². The first kappa shape index (κ1) is 16.7. The maximum absolute atomic E-state index is 12.4. The highest BCUT2D eigenvalue weighted by atomic mass is 35.5. The Hall–Kier alpha value is -0.320. The molecular weight excluding hydrogens is 240 g/mol. The van der Waals surface area contributed by atoms with Crippen molar-refractivity contribution in [1.82, 2.24) is 10.2 Å². The fraction of sp³-hybridized carbons (Fsp3) is 0.917. The summed E-state index contributed by atoms with van der Waals surface area (Å²) in [7, 11) is 0. The summed E-state index contributed by atoms with van der Waals surface area (Å²) in [5, 5.41) is 12.7. The summed E-state index contributed by atoms with van der Waals surface area (Å²) in [5.74, 6) is 0.112. The molecule has 0 aromatic rings. The van der Waals surface area contributed by atoms with Crippen molar-refractivity contribution in [2.45, 2.75) is 58.2 Å². The second-order valence-corrected chi connectivity index (χ2v) is 5.26. The molecule has 0 bridgehead atoms. The van der Waals surface area contributed by atoms with Gasteiger partial charge in [-0.2, -0.15) is 0 Å². The first-order chi connectivity index (χ1) is 7.37. The minimum atomic E-state index is -0.476. The number of rotatable bonds is 4. The van der Waals surface area contributed by atoms with E-state index in [1.54, 1.807) is 11.8 Å². The normalized spacial score (nSPS) is 25.5. The van der Waals surface area contributed by atoms with Crippen LogP contribution in [0.3, 0.4) is 0 Å². The largest absolute Gasteiger partial charge is 0.392 e. The Labute approximate surface area is 110 Å². The molecule has 17 heavy (non-hydrogen) atoms. The Balaban J connectivity index is 0.00000256. The highest BCUT2D eigenvalue weighted by Crippen LogP contribution is 2.22. The average Bonchev–Trinajstić information content (AvgIpc) is 2.61. The molecule has 1 amide bonds. The molecule has 0 aromatic heterocycles. The van der Waals surface area contributed by atoms with E-state index in [0.717, 1.165) is 19.4 Å². The number of hydrogen-bond acceptors (Lipinski definition) is 3. The van der Waals surface area contributed by atoms with E-state index in [0.29, 0.717) is 6.54 Å². The molecular formula is C12H25ClN2O2.